The highest BCUT2D eigenvalue weighted by Crippen LogP contribution is 2.40. The van der Waals surface area contributed by atoms with Gasteiger partial charge in [0.05, 0.1) is 12.7 Å². The topological polar surface area (TPSA) is 29.5 Å². The lowest BCUT2D eigenvalue weighted by atomic mass is 9.69. The first-order valence-electron chi connectivity index (χ1n) is 7.30. The second-order valence-electron chi connectivity index (χ2n) is 6.38. The van der Waals surface area contributed by atoms with E-state index in [2.05, 4.69) is 32.9 Å². The van der Waals surface area contributed by atoms with E-state index >= 15 is 0 Å². The Morgan fingerprint density at radius 3 is 2.74 bits per heavy atom. The Morgan fingerprint density at radius 2 is 2.05 bits per heavy atom. The Kier molecular flexibility index (Phi) is 4.19. The number of methoxy groups -OCH3 is 1. The molecule has 1 aliphatic carbocycles. The molecule has 0 radical (unpaired) electrons. The van der Waals surface area contributed by atoms with Gasteiger partial charge in [0.2, 0.25) is 0 Å². The normalized spacial score (nSPS) is 31.2. The highest BCUT2D eigenvalue weighted by Gasteiger charge is 2.39. The van der Waals surface area contributed by atoms with Crippen LogP contribution in [0.5, 0.6) is 5.75 Å². The van der Waals surface area contributed by atoms with Crippen molar-refractivity contribution in [2.75, 3.05) is 7.11 Å². The van der Waals surface area contributed by atoms with Crippen molar-refractivity contribution in [3.05, 3.63) is 29.3 Å². The molecule has 1 aromatic rings. The first-order valence-corrected chi connectivity index (χ1v) is 7.30. The van der Waals surface area contributed by atoms with Crippen LogP contribution in [0.4, 0.5) is 0 Å². The van der Waals surface area contributed by atoms with Crippen LogP contribution in [0.1, 0.15) is 44.2 Å². The smallest absolute Gasteiger partial charge is 0.122 e. The maximum absolute atomic E-state index is 11.0. The Bertz CT molecular complexity index is 441. The van der Waals surface area contributed by atoms with Crippen LogP contribution in [0.15, 0.2) is 18.2 Å². The Balaban J connectivity index is 2.26. The lowest BCUT2D eigenvalue weighted by molar-refractivity contribution is -0.0563. The highest BCUT2D eigenvalue weighted by molar-refractivity contribution is 5.38. The third-order valence-electron chi connectivity index (χ3n) is 4.64. The van der Waals surface area contributed by atoms with Gasteiger partial charge >= 0.3 is 0 Å². The van der Waals surface area contributed by atoms with E-state index in [-0.39, 0.29) is 0 Å². The van der Waals surface area contributed by atoms with Crippen molar-refractivity contribution in [3.8, 4) is 5.75 Å². The molecule has 1 saturated carbocycles. The van der Waals surface area contributed by atoms with Crippen LogP contribution >= 0.6 is 0 Å². The average molecular weight is 262 g/mol. The molecule has 106 valence electrons. The quantitative estimate of drug-likeness (QED) is 0.899. The van der Waals surface area contributed by atoms with Crippen molar-refractivity contribution in [1.82, 2.24) is 0 Å². The first-order chi connectivity index (χ1) is 8.94. The van der Waals surface area contributed by atoms with Gasteiger partial charge in [-0.15, -0.1) is 0 Å². The van der Waals surface area contributed by atoms with Gasteiger partial charge in [-0.3, -0.25) is 0 Å². The Hall–Kier alpha value is -1.02. The molecule has 3 atom stereocenters. The van der Waals surface area contributed by atoms with E-state index in [9.17, 15) is 5.11 Å². The molecular weight excluding hydrogens is 236 g/mol. The van der Waals surface area contributed by atoms with E-state index in [0.29, 0.717) is 18.3 Å². The van der Waals surface area contributed by atoms with Crippen molar-refractivity contribution in [3.63, 3.8) is 0 Å². The van der Waals surface area contributed by atoms with Crippen LogP contribution in [-0.2, 0) is 6.42 Å². The van der Waals surface area contributed by atoms with Gasteiger partial charge in [0.25, 0.3) is 0 Å². The van der Waals surface area contributed by atoms with Gasteiger partial charge in [0, 0.05) is 6.42 Å². The van der Waals surface area contributed by atoms with Crippen LogP contribution in [-0.4, -0.2) is 17.8 Å². The van der Waals surface area contributed by atoms with Gasteiger partial charge < -0.3 is 9.84 Å². The van der Waals surface area contributed by atoms with E-state index in [1.807, 2.05) is 6.07 Å². The lowest BCUT2D eigenvalue weighted by Crippen LogP contribution is -2.43. The van der Waals surface area contributed by atoms with Crippen LogP contribution in [0.25, 0.3) is 0 Å². The summed E-state index contributed by atoms with van der Waals surface area (Å²) in [7, 11) is 1.70. The third kappa shape index (κ3) is 3.11. The summed E-state index contributed by atoms with van der Waals surface area (Å²) >= 11 is 0. The van der Waals surface area contributed by atoms with Gasteiger partial charge in [-0.2, -0.15) is 0 Å². The molecule has 2 nitrogen and oxygen atoms in total. The molecule has 0 saturated heterocycles. The Morgan fingerprint density at radius 1 is 1.32 bits per heavy atom. The molecule has 0 amide bonds. The van der Waals surface area contributed by atoms with E-state index in [0.717, 1.165) is 24.2 Å². The number of benzene rings is 1. The molecule has 19 heavy (non-hydrogen) atoms. The summed E-state index contributed by atoms with van der Waals surface area (Å²) in [5, 5.41) is 11.0. The average Bonchev–Trinajstić information content (AvgIpc) is 2.34. The summed E-state index contributed by atoms with van der Waals surface area (Å²) < 4.78 is 5.44. The van der Waals surface area contributed by atoms with Crippen LogP contribution in [0, 0.1) is 18.8 Å². The van der Waals surface area contributed by atoms with Gasteiger partial charge in [-0.05, 0) is 43.2 Å². The third-order valence-corrected chi connectivity index (χ3v) is 4.64. The summed E-state index contributed by atoms with van der Waals surface area (Å²) in [6.07, 6.45) is 3.94. The van der Waals surface area contributed by atoms with Gasteiger partial charge in [-0.25, -0.2) is 0 Å². The molecule has 0 heterocycles. The monoisotopic (exact) mass is 262 g/mol. The highest BCUT2D eigenvalue weighted by atomic mass is 16.5. The fraction of sp³-hybridized carbons (Fsp3) is 0.647. The molecule has 1 N–H and O–H groups in total. The Labute approximate surface area is 116 Å². The van der Waals surface area contributed by atoms with Gasteiger partial charge in [0.1, 0.15) is 5.75 Å². The van der Waals surface area contributed by atoms with Crippen molar-refractivity contribution in [2.45, 2.75) is 52.1 Å². The molecule has 0 bridgehead atoms. The van der Waals surface area contributed by atoms with Crippen molar-refractivity contribution < 1.29 is 9.84 Å². The molecule has 1 aliphatic rings. The van der Waals surface area contributed by atoms with E-state index in [4.69, 9.17) is 4.74 Å². The summed E-state index contributed by atoms with van der Waals surface area (Å²) in [4.78, 5) is 0. The minimum atomic E-state index is -0.585. The number of aryl methyl sites for hydroxylation is 1. The maximum Gasteiger partial charge on any atom is 0.122 e. The zero-order valence-corrected chi connectivity index (χ0v) is 12.6. The minimum Gasteiger partial charge on any atom is -0.496 e. The van der Waals surface area contributed by atoms with E-state index in [1.165, 1.54) is 12.0 Å². The lowest BCUT2D eigenvalue weighted by Gasteiger charge is -2.41. The van der Waals surface area contributed by atoms with Crippen LogP contribution in [0.2, 0.25) is 0 Å². The molecule has 0 spiro atoms. The van der Waals surface area contributed by atoms with E-state index in [1.54, 1.807) is 7.11 Å². The van der Waals surface area contributed by atoms with Crippen molar-refractivity contribution >= 4 is 0 Å². The zero-order chi connectivity index (χ0) is 14.0. The number of aliphatic hydroxyl groups is 1. The molecule has 0 aromatic heterocycles. The van der Waals surface area contributed by atoms with E-state index < -0.39 is 5.60 Å². The fourth-order valence-electron chi connectivity index (χ4n) is 3.33. The number of hydrogen-bond donors (Lipinski definition) is 1. The fourth-order valence-corrected chi connectivity index (χ4v) is 3.33. The molecule has 3 unspecified atom stereocenters. The van der Waals surface area contributed by atoms with Crippen molar-refractivity contribution in [1.29, 1.82) is 0 Å². The SMILES string of the molecule is COc1ccc(C)cc1CC1(O)CC(C)CCC1C. The van der Waals surface area contributed by atoms with Gasteiger partial charge in [-0.1, -0.05) is 38.0 Å². The standard InChI is InChI=1S/C17H26O2/c1-12-6-8-16(19-4)15(9-12)11-17(18)10-13(2)5-7-14(17)3/h6,8-9,13-14,18H,5,7,10-11H2,1-4H3. The maximum atomic E-state index is 11.0. The summed E-state index contributed by atoms with van der Waals surface area (Å²) in [6, 6.07) is 6.20. The van der Waals surface area contributed by atoms with Crippen LogP contribution in [0.3, 0.4) is 0 Å². The second kappa shape index (κ2) is 5.54. The predicted octanol–water partition coefficient (Wildman–Crippen LogP) is 3.73. The molecule has 1 aromatic carbocycles. The molecular formula is C17H26O2. The number of ether oxygens (including phenoxy) is 1. The molecule has 2 rings (SSSR count). The summed E-state index contributed by atoms with van der Waals surface area (Å²) in [6.45, 7) is 6.50. The number of hydrogen-bond acceptors (Lipinski definition) is 2. The van der Waals surface area contributed by atoms with Gasteiger partial charge in [0.15, 0.2) is 0 Å². The van der Waals surface area contributed by atoms with Crippen LogP contribution < -0.4 is 4.74 Å². The first kappa shape index (κ1) is 14.4. The molecule has 2 heteroatoms. The van der Waals surface area contributed by atoms with Crippen molar-refractivity contribution in [2.24, 2.45) is 11.8 Å². The summed E-state index contributed by atoms with van der Waals surface area (Å²) in [5.74, 6) is 1.86. The summed E-state index contributed by atoms with van der Waals surface area (Å²) in [5.41, 5.74) is 1.76. The number of rotatable bonds is 3. The molecule has 1 fully saturated rings. The minimum absolute atomic E-state index is 0.355. The molecule has 0 aliphatic heterocycles. The predicted molar refractivity (Wildman–Crippen MR) is 78.6 cm³/mol. The largest absolute Gasteiger partial charge is 0.496 e. The zero-order valence-electron chi connectivity index (χ0n) is 12.6. The second-order valence-corrected chi connectivity index (χ2v) is 6.38.